The summed E-state index contributed by atoms with van der Waals surface area (Å²) in [5.41, 5.74) is 4.14. The smallest absolute Gasteiger partial charge is 0.247 e. The Morgan fingerprint density at radius 3 is 2.78 bits per heavy atom. The number of benzene rings is 2. The first kappa shape index (κ1) is 16.6. The van der Waals surface area contributed by atoms with E-state index in [1.807, 2.05) is 25.1 Å². The molecule has 4 aliphatic rings. The maximum atomic E-state index is 14.0. The Bertz CT molecular complexity index is 869. The quantitative estimate of drug-likeness (QED) is 0.875. The summed E-state index contributed by atoms with van der Waals surface area (Å²) in [6, 6.07) is 10.6. The summed E-state index contributed by atoms with van der Waals surface area (Å²) in [5, 5.41) is 6.15. The molecule has 2 aromatic carbocycles. The van der Waals surface area contributed by atoms with Gasteiger partial charge in [-0.3, -0.25) is 4.79 Å². The number of ether oxygens (including phenoxy) is 1. The average molecular weight is 367 g/mol. The molecule has 3 unspecified atom stereocenters. The normalized spacial score (nSPS) is 25.4. The Labute approximate surface area is 157 Å². The van der Waals surface area contributed by atoms with Crippen molar-refractivity contribution in [2.24, 2.45) is 0 Å². The Hall–Kier alpha value is -2.60. The predicted octanol–water partition coefficient (Wildman–Crippen LogP) is 3.09. The number of hydrogen-bond acceptors (Lipinski definition) is 4. The highest BCUT2D eigenvalue weighted by Crippen LogP contribution is 2.33. The molecule has 0 saturated carbocycles. The van der Waals surface area contributed by atoms with Crippen molar-refractivity contribution in [3.63, 3.8) is 0 Å². The third-order valence-electron chi connectivity index (χ3n) is 5.74. The van der Waals surface area contributed by atoms with Gasteiger partial charge in [-0.05, 0) is 36.8 Å². The summed E-state index contributed by atoms with van der Waals surface area (Å²) >= 11 is 0. The second-order valence-corrected chi connectivity index (χ2v) is 7.68. The molecule has 27 heavy (non-hydrogen) atoms. The van der Waals surface area contributed by atoms with E-state index < -0.39 is 6.04 Å². The molecule has 140 valence electrons. The third-order valence-corrected chi connectivity index (χ3v) is 5.74. The number of amides is 1. The van der Waals surface area contributed by atoms with Crippen molar-refractivity contribution >= 4 is 23.0 Å². The maximum Gasteiger partial charge on any atom is 0.247 e. The fourth-order valence-electron chi connectivity index (χ4n) is 4.30. The van der Waals surface area contributed by atoms with Gasteiger partial charge < -0.3 is 20.3 Å². The van der Waals surface area contributed by atoms with Gasteiger partial charge in [0.1, 0.15) is 11.9 Å². The molecule has 4 heterocycles. The maximum absolute atomic E-state index is 14.0. The van der Waals surface area contributed by atoms with Gasteiger partial charge in [0.15, 0.2) is 0 Å². The summed E-state index contributed by atoms with van der Waals surface area (Å²) in [7, 11) is 0. The molecule has 6 rings (SSSR count). The molecule has 5 nitrogen and oxygen atoms in total. The van der Waals surface area contributed by atoms with E-state index in [0.717, 1.165) is 42.1 Å². The van der Waals surface area contributed by atoms with Gasteiger partial charge in [0.05, 0.1) is 12.2 Å². The third kappa shape index (κ3) is 2.94. The first-order chi connectivity index (χ1) is 13.1. The summed E-state index contributed by atoms with van der Waals surface area (Å²) in [6.07, 6.45) is 2.18. The molecule has 2 aromatic rings. The van der Waals surface area contributed by atoms with Crippen LogP contribution in [0.3, 0.4) is 0 Å². The van der Waals surface area contributed by atoms with E-state index in [1.54, 1.807) is 6.07 Å². The number of piperidine rings is 1. The van der Waals surface area contributed by atoms with Crippen LogP contribution < -0.4 is 15.5 Å². The number of nitrogens with one attached hydrogen (secondary N) is 2. The minimum Gasteiger partial charge on any atom is -0.373 e. The summed E-state index contributed by atoms with van der Waals surface area (Å²) in [4.78, 5) is 15.0. The van der Waals surface area contributed by atoms with E-state index >= 15 is 0 Å². The monoisotopic (exact) mass is 367 g/mol. The van der Waals surface area contributed by atoms with Gasteiger partial charge in [-0.25, -0.2) is 4.39 Å². The fourth-order valence-corrected chi connectivity index (χ4v) is 4.30. The molecule has 0 spiro atoms. The molecule has 0 aromatic heterocycles. The van der Waals surface area contributed by atoms with E-state index in [4.69, 9.17) is 4.74 Å². The molecule has 3 atom stereocenters. The number of hydrogen-bond donors (Lipinski definition) is 2. The second-order valence-electron chi connectivity index (χ2n) is 7.68. The number of rotatable bonds is 3. The van der Waals surface area contributed by atoms with Crippen LogP contribution in [0.4, 0.5) is 21.5 Å². The highest BCUT2D eigenvalue weighted by molar-refractivity contribution is 5.98. The zero-order valence-electron chi connectivity index (χ0n) is 15.2. The lowest BCUT2D eigenvalue weighted by Crippen LogP contribution is -2.57. The molecular weight excluding hydrogens is 345 g/mol. The van der Waals surface area contributed by atoms with Crippen LogP contribution in [-0.4, -0.2) is 37.2 Å². The Morgan fingerprint density at radius 1 is 1.26 bits per heavy atom. The number of carbonyl (C=O) groups excluding carboxylic acids is 1. The van der Waals surface area contributed by atoms with Gasteiger partial charge in [0.25, 0.3) is 0 Å². The molecule has 2 bridgehead atoms. The first-order valence-electron chi connectivity index (χ1n) is 9.42. The number of anilines is 3. The second kappa shape index (κ2) is 6.23. The minimum absolute atomic E-state index is 0.146. The zero-order chi connectivity index (χ0) is 18.5. The van der Waals surface area contributed by atoms with Crippen molar-refractivity contribution in [1.82, 2.24) is 0 Å². The Morgan fingerprint density at radius 2 is 2.04 bits per heavy atom. The van der Waals surface area contributed by atoms with Crippen LogP contribution in [-0.2, 0) is 16.0 Å². The van der Waals surface area contributed by atoms with E-state index in [1.165, 1.54) is 6.07 Å². The van der Waals surface area contributed by atoms with E-state index in [-0.39, 0.29) is 11.7 Å². The Kier molecular flexibility index (Phi) is 3.82. The zero-order valence-corrected chi connectivity index (χ0v) is 15.2. The fraction of sp³-hybridized carbons (Fsp3) is 0.381. The molecule has 4 aliphatic heterocycles. The van der Waals surface area contributed by atoms with Gasteiger partial charge in [0.2, 0.25) is 5.91 Å². The molecule has 3 fully saturated rings. The molecule has 1 amide bonds. The lowest BCUT2D eigenvalue weighted by Gasteiger charge is -2.48. The standard InChI is InChI=1S/C21H22FN3O2/c1-12-5-6-18(22)17-9-19(24-20(12)17)21(26)23-13-3-2-4-14(7-13)25-10-15-8-16(11-25)27-15/h2-7,15-16,19,24H,8-11H2,1H3,(H,23,26). The van der Waals surface area contributed by atoms with Crippen molar-refractivity contribution < 1.29 is 13.9 Å². The van der Waals surface area contributed by atoms with E-state index in [2.05, 4.69) is 21.6 Å². The van der Waals surface area contributed by atoms with Gasteiger partial charge in [-0.2, -0.15) is 0 Å². The minimum atomic E-state index is -0.463. The van der Waals surface area contributed by atoms with E-state index in [9.17, 15) is 9.18 Å². The highest BCUT2D eigenvalue weighted by atomic mass is 19.1. The number of fused-ring (bicyclic) bond motifs is 3. The first-order valence-corrected chi connectivity index (χ1v) is 9.42. The van der Waals surface area contributed by atoms with Crippen LogP contribution in [0, 0.1) is 12.7 Å². The number of halogens is 1. The molecular formula is C21H22FN3O2. The van der Waals surface area contributed by atoms with Gasteiger partial charge in [0, 0.05) is 48.6 Å². The molecule has 3 saturated heterocycles. The number of nitrogens with zero attached hydrogens (tertiary/aromatic N) is 1. The molecule has 0 radical (unpaired) electrons. The Balaban J connectivity index is 1.29. The summed E-state index contributed by atoms with van der Waals surface area (Å²) < 4.78 is 19.7. The van der Waals surface area contributed by atoms with E-state index in [0.29, 0.717) is 24.2 Å². The summed E-state index contributed by atoms with van der Waals surface area (Å²) in [6.45, 7) is 3.71. The van der Waals surface area contributed by atoms with Crippen LogP contribution >= 0.6 is 0 Å². The molecule has 0 aliphatic carbocycles. The number of morpholine rings is 1. The van der Waals surface area contributed by atoms with Crippen molar-refractivity contribution in [1.29, 1.82) is 0 Å². The number of carbonyl (C=O) groups is 1. The molecule has 2 N–H and O–H groups in total. The number of aryl methyl sites for hydroxylation is 1. The van der Waals surface area contributed by atoms with Crippen molar-refractivity contribution in [2.75, 3.05) is 28.6 Å². The van der Waals surface area contributed by atoms with Gasteiger partial charge >= 0.3 is 0 Å². The largest absolute Gasteiger partial charge is 0.373 e. The van der Waals surface area contributed by atoms with Crippen LogP contribution in [0.15, 0.2) is 36.4 Å². The van der Waals surface area contributed by atoms with Crippen molar-refractivity contribution in [3.8, 4) is 0 Å². The lowest BCUT2D eigenvalue weighted by atomic mass is 9.98. The average Bonchev–Trinajstić information content (AvgIpc) is 3.12. The van der Waals surface area contributed by atoms with Crippen molar-refractivity contribution in [3.05, 3.63) is 53.3 Å². The van der Waals surface area contributed by atoms with Crippen molar-refractivity contribution in [2.45, 2.75) is 38.0 Å². The van der Waals surface area contributed by atoms with Crippen LogP contribution in [0.25, 0.3) is 0 Å². The van der Waals surface area contributed by atoms with Gasteiger partial charge in [-0.1, -0.05) is 12.1 Å². The highest BCUT2D eigenvalue weighted by Gasteiger charge is 2.38. The van der Waals surface area contributed by atoms with Crippen LogP contribution in [0.5, 0.6) is 0 Å². The lowest BCUT2D eigenvalue weighted by molar-refractivity contribution is -0.133. The SMILES string of the molecule is Cc1ccc(F)c2c1NC(C(=O)Nc1cccc(N3CC4CC(C3)O4)c1)C2. The topological polar surface area (TPSA) is 53.6 Å². The van der Waals surface area contributed by atoms with Gasteiger partial charge in [-0.15, -0.1) is 0 Å². The van der Waals surface area contributed by atoms with Crippen LogP contribution in [0.1, 0.15) is 17.5 Å². The molecule has 6 heteroatoms. The predicted molar refractivity (Wildman–Crippen MR) is 103 cm³/mol. The van der Waals surface area contributed by atoms with Crippen LogP contribution in [0.2, 0.25) is 0 Å². The summed E-state index contributed by atoms with van der Waals surface area (Å²) in [5.74, 6) is -0.404.